The first-order valence-corrected chi connectivity index (χ1v) is 6.19. The molecule has 1 aromatic heterocycles. The lowest BCUT2D eigenvalue weighted by Crippen LogP contribution is -2.16. The van der Waals surface area contributed by atoms with Crippen LogP contribution in [0.2, 0.25) is 0 Å². The molecule has 0 aliphatic carbocycles. The average Bonchev–Trinajstić information content (AvgIpc) is 2.48. The second kappa shape index (κ2) is 4.46. The predicted molar refractivity (Wildman–Crippen MR) is 59.3 cm³/mol. The van der Waals surface area contributed by atoms with Gasteiger partial charge in [0.2, 0.25) is 0 Å². The minimum Gasteiger partial charge on any atom is -0.312 e. The van der Waals surface area contributed by atoms with Gasteiger partial charge in [0.05, 0.1) is 0 Å². The molecule has 0 spiro atoms. The monoisotopic (exact) mass is 263 g/mol. The summed E-state index contributed by atoms with van der Waals surface area (Å²) in [6.07, 6.45) is 1.73. The first kappa shape index (κ1) is 11.0. The van der Waals surface area contributed by atoms with Crippen LogP contribution in [-0.2, 0) is 7.05 Å². The van der Waals surface area contributed by atoms with Crippen LogP contribution in [0.15, 0.2) is 11.5 Å². The zero-order valence-corrected chi connectivity index (χ0v) is 10.5. The zero-order chi connectivity index (χ0) is 9.90. The van der Waals surface area contributed by atoms with E-state index in [9.17, 15) is 0 Å². The highest BCUT2D eigenvalue weighted by Crippen LogP contribution is 2.27. The fourth-order valence-corrected chi connectivity index (χ4v) is 2.14. The zero-order valence-electron chi connectivity index (χ0n) is 8.12. The molecule has 0 N–H and O–H groups in total. The van der Waals surface area contributed by atoms with Crippen LogP contribution < -0.4 is 0 Å². The van der Waals surface area contributed by atoms with Gasteiger partial charge in [0.15, 0.2) is 5.16 Å². The SMILES string of the molecule is Cn1cnnc1SCC(C)(C)CBr. The fourth-order valence-electron chi connectivity index (χ4n) is 0.702. The standard InChI is InChI=1S/C8H14BrN3S/c1-8(2,4-9)5-13-7-11-10-6-12(7)3/h6H,4-5H2,1-3H3. The first-order chi connectivity index (χ1) is 6.05. The predicted octanol–water partition coefficient (Wildman–Crippen LogP) is 2.33. The van der Waals surface area contributed by atoms with Crippen molar-refractivity contribution in [1.82, 2.24) is 14.8 Å². The molecule has 0 aromatic carbocycles. The Hall–Kier alpha value is -0.0300. The Morgan fingerprint density at radius 2 is 2.31 bits per heavy atom. The molecule has 1 rings (SSSR count). The van der Waals surface area contributed by atoms with Gasteiger partial charge in [-0.25, -0.2) is 0 Å². The molecular formula is C8H14BrN3S. The van der Waals surface area contributed by atoms with E-state index in [4.69, 9.17) is 0 Å². The molecular weight excluding hydrogens is 250 g/mol. The van der Waals surface area contributed by atoms with Crippen molar-refractivity contribution in [1.29, 1.82) is 0 Å². The van der Waals surface area contributed by atoms with E-state index in [0.29, 0.717) is 5.41 Å². The van der Waals surface area contributed by atoms with Crippen LogP contribution in [0.25, 0.3) is 0 Å². The van der Waals surface area contributed by atoms with E-state index in [1.807, 2.05) is 11.6 Å². The number of hydrogen-bond acceptors (Lipinski definition) is 3. The summed E-state index contributed by atoms with van der Waals surface area (Å²) in [5.41, 5.74) is 0.302. The third kappa shape index (κ3) is 3.31. The maximum atomic E-state index is 4.01. The maximum Gasteiger partial charge on any atom is 0.190 e. The van der Waals surface area contributed by atoms with Gasteiger partial charge in [0.1, 0.15) is 6.33 Å². The number of alkyl halides is 1. The van der Waals surface area contributed by atoms with Crippen molar-refractivity contribution in [2.75, 3.05) is 11.1 Å². The molecule has 0 saturated carbocycles. The van der Waals surface area contributed by atoms with Gasteiger partial charge >= 0.3 is 0 Å². The van der Waals surface area contributed by atoms with Gasteiger partial charge in [0, 0.05) is 18.1 Å². The van der Waals surface area contributed by atoms with E-state index in [-0.39, 0.29) is 0 Å². The quantitative estimate of drug-likeness (QED) is 0.617. The van der Waals surface area contributed by atoms with Gasteiger partial charge in [0.25, 0.3) is 0 Å². The number of aromatic nitrogens is 3. The highest BCUT2D eigenvalue weighted by atomic mass is 79.9. The summed E-state index contributed by atoms with van der Waals surface area (Å²) in [6.45, 7) is 4.45. The Morgan fingerprint density at radius 3 is 2.77 bits per heavy atom. The Labute approximate surface area is 91.4 Å². The highest BCUT2D eigenvalue weighted by molar-refractivity contribution is 9.09. The van der Waals surface area contributed by atoms with E-state index >= 15 is 0 Å². The average molecular weight is 264 g/mol. The van der Waals surface area contributed by atoms with Crippen LogP contribution in [0, 0.1) is 5.41 Å². The Bertz CT molecular complexity index is 272. The van der Waals surface area contributed by atoms with E-state index < -0.39 is 0 Å². The summed E-state index contributed by atoms with van der Waals surface area (Å²) < 4.78 is 1.94. The van der Waals surface area contributed by atoms with Crippen molar-refractivity contribution >= 4 is 27.7 Å². The lowest BCUT2D eigenvalue weighted by Gasteiger charge is -2.19. The van der Waals surface area contributed by atoms with E-state index in [0.717, 1.165) is 16.2 Å². The van der Waals surface area contributed by atoms with Crippen molar-refractivity contribution in [2.45, 2.75) is 19.0 Å². The Balaban J connectivity index is 2.48. The van der Waals surface area contributed by atoms with Gasteiger partial charge < -0.3 is 4.57 Å². The normalized spacial score (nSPS) is 12.0. The molecule has 0 unspecified atom stereocenters. The minimum atomic E-state index is 0.302. The molecule has 3 nitrogen and oxygen atoms in total. The first-order valence-electron chi connectivity index (χ1n) is 4.08. The molecule has 0 bridgehead atoms. The smallest absolute Gasteiger partial charge is 0.190 e. The van der Waals surface area contributed by atoms with Crippen molar-refractivity contribution in [3.8, 4) is 0 Å². The number of thioether (sulfide) groups is 1. The van der Waals surface area contributed by atoms with Crippen molar-refractivity contribution in [3.05, 3.63) is 6.33 Å². The van der Waals surface area contributed by atoms with E-state index in [2.05, 4.69) is 40.0 Å². The van der Waals surface area contributed by atoms with Crippen molar-refractivity contribution < 1.29 is 0 Å². The minimum absolute atomic E-state index is 0.302. The second-order valence-electron chi connectivity index (χ2n) is 3.81. The third-order valence-electron chi connectivity index (χ3n) is 1.62. The molecule has 13 heavy (non-hydrogen) atoms. The van der Waals surface area contributed by atoms with Gasteiger partial charge in [-0.05, 0) is 5.41 Å². The van der Waals surface area contributed by atoms with Gasteiger partial charge in [-0.2, -0.15) is 0 Å². The number of hydrogen-bond donors (Lipinski definition) is 0. The van der Waals surface area contributed by atoms with E-state index in [1.165, 1.54) is 0 Å². The van der Waals surface area contributed by atoms with Crippen LogP contribution >= 0.6 is 27.7 Å². The number of halogens is 1. The fraction of sp³-hybridized carbons (Fsp3) is 0.750. The number of aryl methyl sites for hydroxylation is 1. The summed E-state index contributed by atoms with van der Waals surface area (Å²) in [5.74, 6) is 1.05. The molecule has 0 aliphatic rings. The van der Waals surface area contributed by atoms with E-state index in [1.54, 1.807) is 18.1 Å². The van der Waals surface area contributed by atoms with Crippen LogP contribution in [0.5, 0.6) is 0 Å². The maximum absolute atomic E-state index is 4.01. The summed E-state index contributed by atoms with van der Waals surface area (Å²) in [5, 5.41) is 9.83. The Kier molecular flexibility index (Phi) is 3.79. The molecule has 0 amide bonds. The molecule has 0 radical (unpaired) electrons. The van der Waals surface area contributed by atoms with Crippen LogP contribution in [0.3, 0.4) is 0 Å². The summed E-state index contributed by atoms with van der Waals surface area (Å²) in [7, 11) is 1.96. The molecule has 0 aliphatic heterocycles. The van der Waals surface area contributed by atoms with Crippen LogP contribution in [-0.4, -0.2) is 25.8 Å². The number of rotatable bonds is 4. The highest BCUT2D eigenvalue weighted by Gasteiger charge is 2.17. The summed E-state index contributed by atoms with van der Waals surface area (Å²) in [4.78, 5) is 0. The molecule has 0 atom stereocenters. The van der Waals surface area contributed by atoms with Gasteiger partial charge in [-0.15, -0.1) is 10.2 Å². The third-order valence-corrected chi connectivity index (χ3v) is 4.70. The summed E-state index contributed by atoms with van der Waals surface area (Å²) >= 11 is 5.24. The largest absolute Gasteiger partial charge is 0.312 e. The second-order valence-corrected chi connectivity index (χ2v) is 5.31. The van der Waals surface area contributed by atoms with Crippen LogP contribution in [0.4, 0.5) is 0 Å². The molecule has 1 aromatic rings. The number of nitrogens with zero attached hydrogens (tertiary/aromatic N) is 3. The molecule has 0 fully saturated rings. The molecule has 0 saturated heterocycles. The summed E-state index contributed by atoms with van der Waals surface area (Å²) in [6, 6.07) is 0. The topological polar surface area (TPSA) is 30.7 Å². The molecule has 5 heteroatoms. The van der Waals surface area contributed by atoms with Crippen molar-refractivity contribution in [3.63, 3.8) is 0 Å². The van der Waals surface area contributed by atoms with Gasteiger partial charge in [-0.3, -0.25) is 0 Å². The lowest BCUT2D eigenvalue weighted by molar-refractivity contribution is 0.495. The van der Waals surface area contributed by atoms with Crippen molar-refractivity contribution in [2.24, 2.45) is 12.5 Å². The molecule has 1 heterocycles. The lowest BCUT2D eigenvalue weighted by atomic mass is 10.0. The Morgan fingerprint density at radius 1 is 1.62 bits per heavy atom. The van der Waals surface area contributed by atoms with Gasteiger partial charge in [-0.1, -0.05) is 41.5 Å². The van der Waals surface area contributed by atoms with Crippen LogP contribution in [0.1, 0.15) is 13.8 Å². The molecule has 74 valence electrons.